The molecular formula is C21H28F2N2O8. The van der Waals surface area contributed by atoms with Crippen LogP contribution in [-0.4, -0.2) is 79.4 Å². The lowest BCUT2D eigenvalue weighted by Gasteiger charge is -2.43. The predicted octanol–water partition coefficient (Wildman–Crippen LogP) is 0.149. The number of aliphatic hydroxyl groups excluding tert-OH is 4. The van der Waals surface area contributed by atoms with Gasteiger partial charge in [0, 0.05) is 29.8 Å². The standard InChI is InChI=1S/C21H28F2N2O8/c1-9(2)25-10(3)12(5-11-6-14(23)15(31-4)7-13(11)22)20(24-25)33-21(30)19(29)18(28)17(27)16(8-26)32-21/h6-7,9,16-19,26-30H,5,8H2,1-4H3/t16-,17-,18-,19-,21?/m1/s1. The second-order valence-corrected chi connectivity index (χ2v) is 8.16. The van der Waals surface area contributed by atoms with Crippen LogP contribution >= 0.6 is 0 Å². The Balaban J connectivity index is 2.03. The Hall–Kier alpha value is -2.35. The lowest BCUT2D eigenvalue weighted by Crippen LogP contribution is -2.67. The Morgan fingerprint density at radius 3 is 2.42 bits per heavy atom. The first-order valence-electron chi connectivity index (χ1n) is 10.3. The van der Waals surface area contributed by atoms with E-state index in [1.807, 2.05) is 13.8 Å². The molecule has 1 fully saturated rings. The van der Waals surface area contributed by atoms with Crippen LogP contribution in [0.2, 0.25) is 0 Å². The van der Waals surface area contributed by atoms with Gasteiger partial charge in [-0.3, -0.25) is 4.68 Å². The molecule has 0 amide bonds. The molecule has 0 saturated carbocycles. The van der Waals surface area contributed by atoms with Gasteiger partial charge in [0.2, 0.25) is 5.88 Å². The van der Waals surface area contributed by atoms with Crippen molar-refractivity contribution < 1.29 is 48.5 Å². The Bertz CT molecular complexity index is 999. The number of hydrogen-bond donors (Lipinski definition) is 5. The van der Waals surface area contributed by atoms with Gasteiger partial charge in [-0.15, -0.1) is 5.10 Å². The largest absolute Gasteiger partial charge is 0.494 e. The molecule has 1 unspecified atom stereocenters. The average Bonchev–Trinajstić information content (AvgIpc) is 3.07. The number of ether oxygens (including phenoxy) is 3. The Kier molecular flexibility index (Phi) is 7.27. The molecule has 1 saturated heterocycles. The molecule has 1 aliphatic rings. The minimum atomic E-state index is -2.90. The molecule has 12 heteroatoms. The van der Waals surface area contributed by atoms with E-state index in [4.69, 9.17) is 14.2 Å². The highest BCUT2D eigenvalue weighted by atomic mass is 19.1. The van der Waals surface area contributed by atoms with Gasteiger partial charge in [0.25, 0.3) is 0 Å². The van der Waals surface area contributed by atoms with Crippen LogP contribution in [0.4, 0.5) is 8.78 Å². The van der Waals surface area contributed by atoms with Crippen molar-refractivity contribution in [2.75, 3.05) is 13.7 Å². The molecule has 0 bridgehead atoms. The summed E-state index contributed by atoms with van der Waals surface area (Å²) in [7, 11) is 1.21. The van der Waals surface area contributed by atoms with E-state index in [9.17, 15) is 34.3 Å². The topological polar surface area (TPSA) is 147 Å². The first kappa shape index (κ1) is 25.3. The van der Waals surface area contributed by atoms with Gasteiger partial charge in [0.05, 0.1) is 13.7 Å². The van der Waals surface area contributed by atoms with Crippen molar-refractivity contribution in [1.82, 2.24) is 9.78 Å². The molecule has 1 aromatic carbocycles. The zero-order valence-corrected chi connectivity index (χ0v) is 18.6. The van der Waals surface area contributed by atoms with Crippen molar-refractivity contribution in [3.8, 4) is 11.6 Å². The van der Waals surface area contributed by atoms with Gasteiger partial charge in [-0.25, -0.2) is 8.78 Å². The molecule has 2 heterocycles. The van der Waals surface area contributed by atoms with Crippen molar-refractivity contribution in [3.63, 3.8) is 0 Å². The molecule has 1 aromatic heterocycles. The summed E-state index contributed by atoms with van der Waals surface area (Å²) >= 11 is 0. The van der Waals surface area contributed by atoms with Gasteiger partial charge in [-0.2, -0.15) is 0 Å². The van der Waals surface area contributed by atoms with Gasteiger partial charge in [-0.1, -0.05) is 0 Å². The highest BCUT2D eigenvalue weighted by Gasteiger charge is 2.55. The molecule has 0 radical (unpaired) electrons. The summed E-state index contributed by atoms with van der Waals surface area (Å²) in [6.45, 7) is 4.48. The number of benzene rings is 1. The van der Waals surface area contributed by atoms with Crippen molar-refractivity contribution in [3.05, 3.63) is 40.6 Å². The number of hydrogen-bond acceptors (Lipinski definition) is 9. The summed E-state index contributed by atoms with van der Waals surface area (Å²) in [4.78, 5) is 0. The normalized spacial score (nSPS) is 27.8. The highest BCUT2D eigenvalue weighted by Crippen LogP contribution is 2.35. The zero-order valence-electron chi connectivity index (χ0n) is 18.6. The number of rotatable bonds is 7. The maximum Gasteiger partial charge on any atom is 0.356 e. The van der Waals surface area contributed by atoms with Crippen LogP contribution in [0.5, 0.6) is 11.6 Å². The van der Waals surface area contributed by atoms with Crippen molar-refractivity contribution in [1.29, 1.82) is 0 Å². The number of aliphatic hydroxyl groups is 5. The van der Waals surface area contributed by atoms with Gasteiger partial charge < -0.3 is 39.7 Å². The van der Waals surface area contributed by atoms with E-state index >= 15 is 0 Å². The van der Waals surface area contributed by atoms with Crippen molar-refractivity contribution in [2.45, 2.75) is 63.6 Å². The van der Waals surface area contributed by atoms with Gasteiger partial charge in [0.1, 0.15) is 24.1 Å². The molecule has 0 aliphatic carbocycles. The minimum Gasteiger partial charge on any atom is -0.494 e. The Morgan fingerprint density at radius 1 is 1.18 bits per heavy atom. The molecular weight excluding hydrogens is 446 g/mol. The molecule has 184 valence electrons. The highest BCUT2D eigenvalue weighted by molar-refractivity contribution is 5.39. The van der Waals surface area contributed by atoms with E-state index in [-0.39, 0.29) is 35.2 Å². The summed E-state index contributed by atoms with van der Waals surface area (Å²) in [5.74, 6) is -4.97. The fraction of sp³-hybridized carbons (Fsp3) is 0.571. The fourth-order valence-corrected chi connectivity index (χ4v) is 3.71. The van der Waals surface area contributed by atoms with E-state index in [0.29, 0.717) is 5.69 Å². The van der Waals surface area contributed by atoms with Crippen LogP contribution in [0.15, 0.2) is 12.1 Å². The van der Waals surface area contributed by atoms with Crippen LogP contribution < -0.4 is 9.47 Å². The molecule has 33 heavy (non-hydrogen) atoms. The van der Waals surface area contributed by atoms with Gasteiger partial charge in [-0.05, 0) is 32.4 Å². The maximum absolute atomic E-state index is 14.6. The van der Waals surface area contributed by atoms with E-state index in [0.717, 1.165) is 12.1 Å². The Labute approximate surface area is 188 Å². The number of halogens is 2. The molecule has 2 aromatic rings. The van der Waals surface area contributed by atoms with Crippen LogP contribution in [0.3, 0.4) is 0 Å². The molecule has 3 rings (SSSR count). The van der Waals surface area contributed by atoms with Crippen LogP contribution in [0.25, 0.3) is 0 Å². The smallest absolute Gasteiger partial charge is 0.356 e. The summed E-state index contributed by atoms with van der Waals surface area (Å²) in [5.41, 5.74) is 0.701. The monoisotopic (exact) mass is 474 g/mol. The molecule has 5 atom stereocenters. The van der Waals surface area contributed by atoms with Gasteiger partial charge in [0.15, 0.2) is 17.7 Å². The van der Waals surface area contributed by atoms with Crippen molar-refractivity contribution in [2.24, 2.45) is 0 Å². The molecule has 0 spiro atoms. The molecule has 10 nitrogen and oxygen atoms in total. The van der Waals surface area contributed by atoms with E-state index in [2.05, 4.69) is 5.10 Å². The summed E-state index contributed by atoms with van der Waals surface area (Å²) in [5, 5.41) is 54.7. The lowest BCUT2D eigenvalue weighted by atomic mass is 9.98. The van der Waals surface area contributed by atoms with Gasteiger partial charge >= 0.3 is 5.97 Å². The second kappa shape index (κ2) is 9.49. The lowest BCUT2D eigenvalue weighted by molar-refractivity contribution is -0.423. The average molecular weight is 474 g/mol. The third kappa shape index (κ3) is 4.67. The number of methoxy groups -OCH3 is 1. The number of aromatic nitrogens is 2. The predicted molar refractivity (Wildman–Crippen MR) is 109 cm³/mol. The van der Waals surface area contributed by atoms with E-state index in [1.54, 1.807) is 6.92 Å². The Morgan fingerprint density at radius 2 is 1.85 bits per heavy atom. The molecule has 5 N–H and O–H groups in total. The maximum atomic E-state index is 14.6. The first-order chi connectivity index (χ1) is 15.4. The summed E-state index contributed by atoms with van der Waals surface area (Å²) < 4.78 is 45.7. The third-order valence-corrected chi connectivity index (χ3v) is 5.59. The minimum absolute atomic E-state index is 0.0506. The summed E-state index contributed by atoms with van der Waals surface area (Å²) in [6.07, 6.45) is -7.42. The molecule has 1 aliphatic heterocycles. The SMILES string of the molecule is COc1cc(F)c(Cc2c(OC3(O)O[C@H](CO)[C@@H](O)[C@@H](O)[C@H]3O)nn(C(C)C)c2C)cc1F. The number of nitrogens with zero attached hydrogens (tertiary/aromatic N) is 2. The van der Waals surface area contributed by atoms with Crippen molar-refractivity contribution >= 4 is 0 Å². The van der Waals surface area contributed by atoms with Crippen LogP contribution in [0.1, 0.15) is 36.7 Å². The first-order valence-corrected chi connectivity index (χ1v) is 10.3. The van der Waals surface area contributed by atoms with E-state index in [1.165, 1.54) is 11.8 Å². The fourth-order valence-electron chi connectivity index (χ4n) is 3.71. The van der Waals surface area contributed by atoms with E-state index < -0.39 is 48.6 Å². The summed E-state index contributed by atoms with van der Waals surface area (Å²) in [6, 6.07) is 1.67. The third-order valence-electron chi connectivity index (χ3n) is 5.59. The zero-order chi connectivity index (χ0) is 24.7. The second-order valence-electron chi connectivity index (χ2n) is 8.16. The van der Waals surface area contributed by atoms with Crippen LogP contribution in [-0.2, 0) is 11.2 Å². The quantitative estimate of drug-likeness (QED) is 0.354. The van der Waals surface area contributed by atoms with Crippen LogP contribution in [0, 0.1) is 18.6 Å².